The maximum Gasteiger partial charge on any atom is 0.137 e. The molecule has 0 bridgehead atoms. The van der Waals surface area contributed by atoms with Gasteiger partial charge in [-0.15, -0.1) is 0 Å². The van der Waals surface area contributed by atoms with Crippen molar-refractivity contribution in [1.29, 1.82) is 0 Å². The Hall–Kier alpha value is -1.51. The van der Waals surface area contributed by atoms with E-state index in [0.29, 0.717) is 10.9 Å². The topological polar surface area (TPSA) is 21.3 Å². The fourth-order valence-electron chi connectivity index (χ4n) is 3.30. The van der Waals surface area contributed by atoms with Crippen LogP contribution in [0.25, 0.3) is 0 Å². The summed E-state index contributed by atoms with van der Waals surface area (Å²) in [5.41, 5.74) is 2.39. The Morgan fingerprint density at radius 1 is 1.12 bits per heavy atom. The molecular weight excluding hydrogens is 318 g/mol. The van der Waals surface area contributed by atoms with Crippen molar-refractivity contribution in [2.75, 3.05) is 19.7 Å². The van der Waals surface area contributed by atoms with Crippen LogP contribution in [-0.2, 0) is 5.41 Å². The SMILES string of the molecule is CC(C)(c1ccccc1)c1ccc(OCC2CCCNC2)c(Cl)c1. The Bertz CT molecular complexity index is 663. The van der Waals surface area contributed by atoms with Gasteiger partial charge in [0.15, 0.2) is 0 Å². The Morgan fingerprint density at radius 2 is 1.92 bits per heavy atom. The van der Waals surface area contributed by atoms with Crippen LogP contribution in [0, 0.1) is 5.92 Å². The molecule has 0 aromatic heterocycles. The van der Waals surface area contributed by atoms with E-state index in [2.05, 4.69) is 49.5 Å². The molecule has 1 saturated heterocycles. The van der Waals surface area contributed by atoms with E-state index in [1.807, 2.05) is 18.2 Å². The van der Waals surface area contributed by atoms with Crippen LogP contribution in [0.2, 0.25) is 5.02 Å². The van der Waals surface area contributed by atoms with Gasteiger partial charge in [0.05, 0.1) is 11.6 Å². The molecule has 3 heteroatoms. The predicted molar refractivity (Wildman–Crippen MR) is 101 cm³/mol. The van der Waals surface area contributed by atoms with Gasteiger partial charge in [0, 0.05) is 17.9 Å². The second-order valence-electron chi connectivity index (χ2n) is 7.16. The van der Waals surface area contributed by atoms with Crippen molar-refractivity contribution in [3.8, 4) is 5.75 Å². The van der Waals surface area contributed by atoms with Crippen molar-refractivity contribution in [1.82, 2.24) is 5.32 Å². The number of ether oxygens (including phenoxy) is 1. The van der Waals surface area contributed by atoms with E-state index in [-0.39, 0.29) is 5.41 Å². The summed E-state index contributed by atoms with van der Waals surface area (Å²) in [6.07, 6.45) is 2.45. The lowest BCUT2D eigenvalue weighted by Gasteiger charge is -2.27. The molecule has 1 fully saturated rings. The number of hydrogen-bond acceptors (Lipinski definition) is 2. The minimum absolute atomic E-state index is 0.0866. The average Bonchev–Trinajstić information content (AvgIpc) is 2.62. The molecule has 1 N–H and O–H groups in total. The fourth-order valence-corrected chi connectivity index (χ4v) is 3.54. The number of hydrogen-bond donors (Lipinski definition) is 1. The van der Waals surface area contributed by atoms with Gasteiger partial charge in [-0.05, 0) is 42.6 Å². The normalized spacial score (nSPS) is 18.4. The molecule has 0 saturated carbocycles. The van der Waals surface area contributed by atoms with Crippen LogP contribution in [0.3, 0.4) is 0 Å². The zero-order valence-electron chi connectivity index (χ0n) is 14.5. The van der Waals surface area contributed by atoms with Gasteiger partial charge in [0.25, 0.3) is 0 Å². The molecule has 1 unspecified atom stereocenters. The molecule has 0 spiro atoms. The Balaban J connectivity index is 1.72. The maximum absolute atomic E-state index is 6.50. The second-order valence-corrected chi connectivity index (χ2v) is 7.57. The van der Waals surface area contributed by atoms with Crippen LogP contribution in [0.4, 0.5) is 0 Å². The first-order chi connectivity index (χ1) is 11.6. The van der Waals surface area contributed by atoms with E-state index in [1.165, 1.54) is 24.0 Å². The third kappa shape index (κ3) is 3.93. The summed E-state index contributed by atoms with van der Waals surface area (Å²) in [5.74, 6) is 1.37. The smallest absolute Gasteiger partial charge is 0.137 e. The zero-order valence-corrected chi connectivity index (χ0v) is 15.3. The van der Waals surface area contributed by atoms with Gasteiger partial charge in [-0.1, -0.05) is 61.8 Å². The zero-order chi connectivity index (χ0) is 17.0. The van der Waals surface area contributed by atoms with Gasteiger partial charge in [0.2, 0.25) is 0 Å². The highest BCUT2D eigenvalue weighted by molar-refractivity contribution is 6.32. The van der Waals surface area contributed by atoms with E-state index < -0.39 is 0 Å². The van der Waals surface area contributed by atoms with E-state index in [4.69, 9.17) is 16.3 Å². The molecule has 1 atom stereocenters. The summed E-state index contributed by atoms with van der Waals surface area (Å²) in [6.45, 7) is 7.34. The monoisotopic (exact) mass is 343 g/mol. The number of rotatable bonds is 5. The number of nitrogens with one attached hydrogen (secondary N) is 1. The van der Waals surface area contributed by atoms with Crippen LogP contribution < -0.4 is 10.1 Å². The third-order valence-electron chi connectivity index (χ3n) is 5.02. The first kappa shape index (κ1) is 17.3. The van der Waals surface area contributed by atoms with Crippen molar-refractivity contribution in [2.24, 2.45) is 5.92 Å². The molecule has 1 heterocycles. The fraction of sp³-hybridized carbons (Fsp3) is 0.429. The molecule has 1 aliphatic heterocycles. The highest BCUT2D eigenvalue weighted by Crippen LogP contribution is 2.35. The van der Waals surface area contributed by atoms with Gasteiger partial charge in [-0.2, -0.15) is 0 Å². The Morgan fingerprint density at radius 3 is 2.58 bits per heavy atom. The Kier molecular flexibility index (Phi) is 5.47. The van der Waals surface area contributed by atoms with Gasteiger partial charge < -0.3 is 10.1 Å². The predicted octanol–water partition coefficient (Wildman–Crippen LogP) is 5.04. The minimum atomic E-state index is -0.0866. The lowest BCUT2D eigenvalue weighted by molar-refractivity contribution is 0.218. The summed E-state index contributed by atoms with van der Waals surface area (Å²) < 4.78 is 5.98. The number of halogens is 1. The molecule has 0 amide bonds. The van der Waals surface area contributed by atoms with E-state index in [1.54, 1.807) is 0 Å². The summed E-state index contributed by atoms with van der Waals surface area (Å²) >= 11 is 6.50. The van der Waals surface area contributed by atoms with Crippen LogP contribution in [0.15, 0.2) is 48.5 Å². The molecule has 1 aliphatic rings. The van der Waals surface area contributed by atoms with Crippen molar-refractivity contribution < 1.29 is 4.74 Å². The molecular formula is C21H26ClNO. The van der Waals surface area contributed by atoms with Crippen molar-refractivity contribution in [2.45, 2.75) is 32.1 Å². The van der Waals surface area contributed by atoms with Gasteiger partial charge in [-0.3, -0.25) is 0 Å². The summed E-state index contributed by atoms with van der Waals surface area (Å²) in [4.78, 5) is 0. The van der Waals surface area contributed by atoms with Gasteiger partial charge in [-0.25, -0.2) is 0 Å². The maximum atomic E-state index is 6.50. The minimum Gasteiger partial charge on any atom is -0.492 e. The lowest BCUT2D eigenvalue weighted by atomic mass is 9.78. The van der Waals surface area contributed by atoms with Crippen LogP contribution in [-0.4, -0.2) is 19.7 Å². The molecule has 2 aromatic rings. The summed E-state index contributed by atoms with van der Waals surface area (Å²) in [7, 11) is 0. The highest BCUT2D eigenvalue weighted by Gasteiger charge is 2.24. The molecule has 3 rings (SSSR count). The molecule has 24 heavy (non-hydrogen) atoms. The first-order valence-electron chi connectivity index (χ1n) is 8.76. The molecule has 0 aliphatic carbocycles. The largest absolute Gasteiger partial charge is 0.492 e. The molecule has 0 radical (unpaired) electrons. The number of benzene rings is 2. The Labute approximate surface area is 150 Å². The first-order valence-corrected chi connectivity index (χ1v) is 9.14. The van der Waals surface area contributed by atoms with E-state index >= 15 is 0 Å². The summed E-state index contributed by atoms with van der Waals surface area (Å²) in [5, 5.41) is 4.11. The van der Waals surface area contributed by atoms with Crippen molar-refractivity contribution in [3.05, 3.63) is 64.7 Å². The molecule has 128 valence electrons. The quantitative estimate of drug-likeness (QED) is 0.820. The van der Waals surface area contributed by atoms with Crippen molar-refractivity contribution in [3.63, 3.8) is 0 Å². The third-order valence-corrected chi connectivity index (χ3v) is 5.32. The van der Waals surface area contributed by atoms with Gasteiger partial charge in [0.1, 0.15) is 5.75 Å². The van der Waals surface area contributed by atoms with Crippen molar-refractivity contribution >= 4 is 11.6 Å². The van der Waals surface area contributed by atoms with Crippen LogP contribution in [0.1, 0.15) is 37.8 Å². The molecule has 2 nitrogen and oxygen atoms in total. The average molecular weight is 344 g/mol. The van der Waals surface area contributed by atoms with Crippen LogP contribution in [0.5, 0.6) is 5.75 Å². The van der Waals surface area contributed by atoms with E-state index in [0.717, 1.165) is 25.4 Å². The van der Waals surface area contributed by atoms with Crippen LogP contribution >= 0.6 is 11.6 Å². The molecule has 2 aromatic carbocycles. The standard InChI is InChI=1S/C21H26ClNO/c1-21(2,17-8-4-3-5-9-17)18-10-11-20(19(22)13-18)24-15-16-7-6-12-23-14-16/h3-5,8-11,13,16,23H,6-7,12,14-15H2,1-2H3. The number of piperidine rings is 1. The van der Waals surface area contributed by atoms with E-state index in [9.17, 15) is 0 Å². The van der Waals surface area contributed by atoms with Gasteiger partial charge >= 0.3 is 0 Å². The highest BCUT2D eigenvalue weighted by atomic mass is 35.5. The summed E-state index contributed by atoms with van der Waals surface area (Å²) in [6, 6.07) is 16.7. The second kappa shape index (κ2) is 7.58. The lowest BCUT2D eigenvalue weighted by Crippen LogP contribution is -2.33.